The molecule has 0 fully saturated rings. The molecular formula is C18H22N8O3. The van der Waals surface area contributed by atoms with Gasteiger partial charge in [-0.3, -0.25) is 25.0 Å². The number of carbonyl (C=O) groups is 2. The van der Waals surface area contributed by atoms with Gasteiger partial charge in [0.05, 0.1) is 6.54 Å². The summed E-state index contributed by atoms with van der Waals surface area (Å²) in [5.74, 6) is 2.13. The maximum Gasteiger partial charge on any atom is 0.334 e. The highest BCUT2D eigenvalue weighted by Crippen LogP contribution is 2.07. The molecule has 2 aromatic heterocycles. The van der Waals surface area contributed by atoms with Crippen molar-refractivity contribution in [1.29, 1.82) is 0 Å². The number of carbonyl (C=O) groups excluding carboxylic acids is 2. The first-order chi connectivity index (χ1) is 13.8. The lowest BCUT2D eigenvalue weighted by atomic mass is 10.2. The third-order valence-corrected chi connectivity index (χ3v) is 3.89. The maximum atomic E-state index is 12.5. The van der Waals surface area contributed by atoms with Crippen molar-refractivity contribution in [2.75, 3.05) is 17.7 Å². The van der Waals surface area contributed by atoms with E-state index in [1.807, 2.05) is 0 Å². The zero-order valence-corrected chi connectivity index (χ0v) is 16.1. The number of aryl methyl sites for hydroxylation is 2. The van der Waals surface area contributed by atoms with Crippen LogP contribution < -0.4 is 32.8 Å². The fourth-order valence-electron chi connectivity index (χ4n) is 2.33. The van der Waals surface area contributed by atoms with Crippen LogP contribution in [0.3, 0.4) is 0 Å². The Morgan fingerprint density at radius 3 is 2.72 bits per heavy atom. The summed E-state index contributed by atoms with van der Waals surface area (Å²) in [5.41, 5.74) is 11.7. The molecule has 0 radical (unpaired) electrons. The molecule has 11 nitrogen and oxygen atoms in total. The number of hydrogen-bond donors (Lipinski definition) is 5. The number of nitrogens with one attached hydrogen (secondary N) is 4. The number of terminal acetylenes is 1. The van der Waals surface area contributed by atoms with Gasteiger partial charge in [0.15, 0.2) is 0 Å². The monoisotopic (exact) mass is 398 g/mol. The van der Waals surface area contributed by atoms with Gasteiger partial charge in [-0.15, -0.1) is 6.42 Å². The lowest BCUT2D eigenvalue weighted by molar-refractivity contribution is -0.121. The molecule has 152 valence electrons. The van der Waals surface area contributed by atoms with Crippen molar-refractivity contribution in [3.63, 3.8) is 0 Å². The number of nitrogens with two attached hydrogens (primary N) is 1. The van der Waals surface area contributed by atoms with E-state index >= 15 is 0 Å². The standard InChI is InChI=1S/C18H22N8O3/c1-4-7-20-18(29)25-24-16-17(28)26(11(2)8-22-16)10-15(27)21-9-13-5-6-14(19)23-12(13)3/h1,5-6,8H,7,9-10H2,2-3H3,(H2,19,23)(H,21,27)(H,22,24)(H2,20,25,29). The number of aromatic nitrogens is 3. The van der Waals surface area contributed by atoms with Crippen molar-refractivity contribution in [1.82, 2.24) is 30.6 Å². The minimum atomic E-state index is -0.624. The fraction of sp³-hybridized carbons (Fsp3) is 0.278. The molecule has 6 N–H and O–H groups in total. The molecule has 0 saturated carbocycles. The molecule has 0 aliphatic carbocycles. The Kier molecular flexibility index (Phi) is 7.14. The molecule has 0 atom stereocenters. The summed E-state index contributed by atoms with van der Waals surface area (Å²) in [6.07, 6.45) is 6.45. The number of urea groups is 1. The molecule has 29 heavy (non-hydrogen) atoms. The highest BCUT2D eigenvalue weighted by Gasteiger charge is 2.12. The van der Waals surface area contributed by atoms with Gasteiger partial charge < -0.3 is 16.4 Å². The molecule has 0 aliphatic rings. The minimum absolute atomic E-state index is 0.0300. The summed E-state index contributed by atoms with van der Waals surface area (Å²) in [7, 11) is 0. The van der Waals surface area contributed by atoms with E-state index in [9.17, 15) is 14.4 Å². The molecule has 2 heterocycles. The molecule has 3 amide bonds. The molecule has 0 unspecified atom stereocenters. The van der Waals surface area contributed by atoms with Gasteiger partial charge in [-0.25, -0.2) is 14.8 Å². The zero-order valence-electron chi connectivity index (χ0n) is 16.1. The summed E-state index contributed by atoms with van der Waals surface area (Å²) >= 11 is 0. The van der Waals surface area contributed by atoms with E-state index in [4.69, 9.17) is 12.2 Å². The van der Waals surface area contributed by atoms with E-state index < -0.39 is 11.6 Å². The van der Waals surface area contributed by atoms with Crippen LogP contribution in [0, 0.1) is 26.2 Å². The first-order valence-electron chi connectivity index (χ1n) is 8.60. The quantitative estimate of drug-likeness (QED) is 0.308. The predicted molar refractivity (Wildman–Crippen MR) is 107 cm³/mol. The summed E-state index contributed by atoms with van der Waals surface area (Å²) in [6, 6.07) is 2.80. The van der Waals surface area contributed by atoms with Crippen molar-refractivity contribution in [2.24, 2.45) is 0 Å². The maximum absolute atomic E-state index is 12.5. The summed E-state index contributed by atoms with van der Waals surface area (Å²) in [4.78, 5) is 44.4. The van der Waals surface area contributed by atoms with Gasteiger partial charge in [-0.2, -0.15) is 0 Å². The second-order valence-corrected chi connectivity index (χ2v) is 6.03. The number of rotatable bonds is 7. The van der Waals surface area contributed by atoms with Crippen LogP contribution in [-0.4, -0.2) is 33.0 Å². The van der Waals surface area contributed by atoms with E-state index in [2.05, 4.69) is 37.4 Å². The smallest absolute Gasteiger partial charge is 0.334 e. The number of amides is 3. The molecule has 0 bridgehead atoms. The van der Waals surface area contributed by atoms with E-state index in [1.54, 1.807) is 26.0 Å². The first kappa shape index (κ1) is 21.2. The van der Waals surface area contributed by atoms with Crippen molar-refractivity contribution < 1.29 is 9.59 Å². The molecule has 0 saturated heterocycles. The van der Waals surface area contributed by atoms with E-state index in [0.717, 1.165) is 5.56 Å². The molecule has 0 spiro atoms. The zero-order chi connectivity index (χ0) is 21.4. The summed E-state index contributed by atoms with van der Waals surface area (Å²) in [5, 5.41) is 5.09. The number of anilines is 2. The van der Waals surface area contributed by atoms with Crippen LogP contribution in [0.2, 0.25) is 0 Å². The normalized spacial score (nSPS) is 9.97. The lowest BCUT2D eigenvalue weighted by Crippen LogP contribution is -2.42. The van der Waals surface area contributed by atoms with Crippen molar-refractivity contribution in [2.45, 2.75) is 26.9 Å². The molecule has 2 rings (SSSR count). The Morgan fingerprint density at radius 1 is 1.28 bits per heavy atom. The summed E-state index contributed by atoms with van der Waals surface area (Å²) in [6.45, 7) is 3.50. The Balaban J connectivity index is 2.02. The van der Waals surface area contributed by atoms with Gasteiger partial charge >= 0.3 is 6.03 Å². The highest BCUT2D eigenvalue weighted by atomic mass is 16.2. The van der Waals surface area contributed by atoms with E-state index in [0.29, 0.717) is 17.2 Å². The van der Waals surface area contributed by atoms with E-state index in [-0.39, 0.29) is 31.4 Å². The van der Waals surface area contributed by atoms with Crippen LogP contribution in [0.25, 0.3) is 0 Å². The predicted octanol–water partition coefficient (Wildman–Crippen LogP) is -0.587. The van der Waals surface area contributed by atoms with Crippen molar-refractivity contribution in [3.05, 3.63) is 45.6 Å². The number of pyridine rings is 1. The van der Waals surface area contributed by atoms with Crippen molar-refractivity contribution >= 4 is 23.6 Å². The van der Waals surface area contributed by atoms with Crippen LogP contribution >= 0.6 is 0 Å². The third kappa shape index (κ3) is 5.96. The minimum Gasteiger partial charge on any atom is -0.384 e. The SMILES string of the molecule is C#CCNC(=O)NNc1ncc(C)n(CC(=O)NCc2ccc(N)nc2C)c1=O. The third-order valence-electron chi connectivity index (χ3n) is 3.89. The molecule has 2 aromatic rings. The Labute approximate surface area is 167 Å². The van der Waals surface area contributed by atoms with Crippen LogP contribution in [0.15, 0.2) is 23.1 Å². The van der Waals surface area contributed by atoms with Gasteiger partial charge in [0, 0.05) is 24.1 Å². The van der Waals surface area contributed by atoms with Crippen LogP contribution in [0.5, 0.6) is 0 Å². The van der Waals surface area contributed by atoms with Gasteiger partial charge in [-0.1, -0.05) is 12.0 Å². The Bertz CT molecular complexity index is 1010. The number of hydrazine groups is 1. The van der Waals surface area contributed by atoms with Gasteiger partial charge in [-0.05, 0) is 25.5 Å². The molecular weight excluding hydrogens is 376 g/mol. The Hall–Kier alpha value is -4.07. The largest absolute Gasteiger partial charge is 0.384 e. The summed E-state index contributed by atoms with van der Waals surface area (Å²) < 4.78 is 1.24. The van der Waals surface area contributed by atoms with E-state index in [1.165, 1.54) is 10.8 Å². The van der Waals surface area contributed by atoms with Crippen LogP contribution in [0.1, 0.15) is 17.0 Å². The first-order valence-corrected chi connectivity index (χ1v) is 8.60. The number of nitrogens with zero attached hydrogens (tertiary/aromatic N) is 3. The van der Waals surface area contributed by atoms with Crippen molar-refractivity contribution in [3.8, 4) is 12.3 Å². The molecule has 0 aromatic carbocycles. The van der Waals surface area contributed by atoms with Crippen LogP contribution in [-0.2, 0) is 17.9 Å². The highest BCUT2D eigenvalue weighted by molar-refractivity contribution is 5.76. The molecule has 11 heteroatoms. The lowest BCUT2D eigenvalue weighted by Gasteiger charge is -2.13. The molecule has 0 aliphatic heterocycles. The average Bonchev–Trinajstić information content (AvgIpc) is 2.68. The second-order valence-electron chi connectivity index (χ2n) is 6.03. The average molecular weight is 398 g/mol. The fourth-order valence-corrected chi connectivity index (χ4v) is 2.33. The van der Waals surface area contributed by atoms with Gasteiger partial charge in [0.25, 0.3) is 5.56 Å². The second kappa shape index (κ2) is 9.75. The number of nitrogen functional groups attached to an aromatic ring is 1. The Morgan fingerprint density at radius 2 is 2.03 bits per heavy atom. The van der Waals surface area contributed by atoms with Gasteiger partial charge in [0.1, 0.15) is 12.4 Å². The number of hydrogen-bond acceptors (Lipinski definition) is 7. The van der Waals surface area contributed by atoms with Crippen LogP contribution in [0.4, 0.5) is 16.4 Å². The van der Waals surface area contributed by atoms with Gasteiger partial charge in [0.2, 0.25) is 11.7 Å². The topological polar surface area (TPSA) is 156 Å².